The molecule has 0 saturated carbocycles. The van der Waals surface area contributed by atoms with Crippen molar-refractivity contribution in [1.29, 1.82) is 0 Å². The Morgan fingerprint density at radius 2 is 2.50 bits per heavy atom. The SMILES string of the molecule is CCC1CSC2CNC2C1. The Hall–Kier alpha value is 0.310. The van der Waals surface area contributed by atoms with Crippen LogP contribution in [0.2, 0.25) is 0 Å². The molecule has 0 radical (unpaired) electrons. The molecular weight excluding hydrogens is 142 g/mol. The van der Waals surface area contributed by atoms with Gasteiger partial charge in [-0.05, 0) is 18.1 Å². The van der Waals surface area contributed by atoms with Crippen LogP contribution in [-0.4, -0.2) is 23.6 Å². The number of rotatable bonds is 1. The van der Waals surface area contributed by atoms with Crippen LogP contribution in [0.4, 0.5) is 0 Å². The third-order valence-corrected chi connectivity index (χ3v) is 4.33. The maximum Gasteiger partial charge on any atom is 0.0326 e. The monoisotopic (exact) mass is 157 g/mol. The van der Waals surface area contributed by atoms with Gasteiger partial charge in [0.2, 0.25) is 0 Å². The third-order valence-electron chi connectivity index (χ3n) is 2.74. The molecule has 2 heteroatoms. The molecule has 0 aromatic heterocycles. The van der Waals surface area contributed by atoms with Gasteiger partial charge in [0, 0.05) is 17.8 Å². The van der Waals surface area contributed by atoms with Gasteiger partial charge in [0.15, 0.2) is 0 Å². The van der Waals surface area contributed by atoms with Gasteiger partial charge in [0.1, 0.15) is 0 Å². The van der Waals surface area contributed by atoms with Crippen molar-refractivity contribution in [2.45, 2.75) is 31.1 Å². The number of hydrogen-bond donors (Lipinski definition) is 1. The number of thioether (sulfide) groups is 1. The summed E-state index contributed by atoms with van der Waals surface area (Å²) < 4.78 is 0. The molecule has 58 valence electrons. The molecule has 10 heavy (non-hydrogen) atoms. The molecule has 0 spiro atoms. The summed E-state index contributed by atoms with van der Waals surface area (Å²) in [4.78, 5) is 0. The van der Waals surface area contributed by atoms with Crippen molar-refractivity contribution in [2.75, 3.05) is 12.3 Å². The Labute approximate surface area is 67.0 Å². The van der Waals surface area contributed by atoms with Gasteiger partial charge in [-0.15, -0.1) is 0 Å². The molecule has 3 atom stereocenters. The molecule has 2 rings (SSSR count). The summed E-state index contributed by atoms with van der Waals surface area (Å²) in [5.74, 6) is 2.42. The Kier molecular flexibility index (Phi) is 1.92. The van der Waals surface area contributed by atoms with Gasteiger partial charge in [0.25, 0.3) is 0 Å². The highest BCUT2D eigenvalue weighted by atomic mass is 32.2. The second-order valence-electron chi connectivity index (χ2n) is 3.40. The molecule has 2 aliphatic rings. The molecule has 0 aromatic rings. The van der Waals surface area contributed by atoms with Gasteiger partial charge < -0.3 is 5.32 Å². The van der Waals surface area contributed by atoms with E-state index in [1.54, 1.807) is 0 Å². The number of hydrogen-bond acceptors (Lipinski definition) is 2. The zero-order valence-corrected chi connectivity index (χ0v) is 7.29. The van der Waals surface area contributed by atoms with E-state index in [0.29, 0.717) is 0 Å². The van der Waals surface area contributed by atoms with Crippen LogP contribution >= 0.6 is 11.8 Å². The minimum atomic E-state index is 0.878. The normalized spacial score (nSPS) is 45.9. The molecule has 2 heterocycles. The fraction of sp³-hybridized carbons (Fsp3) is 1.00. The van der Waals surface area contributed by atoms with Crippen molar-refractivity contribution in [1.82, 2.24) is 5.32 Å². The topological polar surface area (TPSA) is 12.0 Å². The van der Waals surface area contributed by atoms with Gasteiger partial charge in [-0.1, -0.05) is 13.3 Å². The Morgan fingerprint density at radius 1 is 1.60 bits per heavy atom. The van der Waals surface area contributed by atoms with Gasteiger partial charge in [0.05, 0.1) is 0 Å². The van der Waals surface area contributed by atoms with E-state index in [9.17, 15) is 0 Å². The molecule has 1 nitrogen and oxygen atoms in total. The molecule has 0 amide bonds. The van der Waals surface area contributed by atoms with Crippen LogP contribution in [0.25, 0.3) is 0 Å². The van der Waals surface area contributed by atoms with Crippen molar-refractivity contribution in [3.05, 3.63) is 0 Å². The largest absolute Gasteiger partial charge is 0.312 e. The fourth-order valence-corrected chi connectivity index (χ4v) is 3.31. The lowest BCUT2D eigenvalue weighted by atomic mass is 9.92. The van der Waals surface area contributed by atoms with Crippen LogP contribution in [-0.2, 0) is 0 Å². The van der Waals surface area contributed by atoms with E-state index >= 15 is 0 Å². The summed E-state index contributed by atoms with van der Waals surface area (Å²) in [5, 5.41) is 4.47. The van der Waals surface area contributed by atoms with Crippen LogP contribution in [0, 0.1) is 5.92 Å². The Morgan fingerprint density at radius 3 is 3.00 bits per heavy atom. The van der Waals surface area contributed by atoms with Crippen LogP contribution in [0.1, 0.15) is 19.8 Å². The Balaban J connectivity index is 1.86. The summed E-state index contributed by atoms with van der Waals surface area (Å²) in [5.41, 5.74) is 0. The summed E-state index contributed by atoms with van der Waals surface area (Å²) in [6, 6.07) is 0.878. The van der Waals surface area contributed by atoms with Crippen molar-refractivity contribution >= 4 is 11.8 Å². The van der Waals surface area contributed by atoms with Crippen LogP contribution in [0.3, 0.4) is 0 Å². The molecule has 2 fully saturated rings. The van der Waals surface area contributed by atoms with Gasteiger partial charge in [-0.25, -0.2) is 0 Å². The van der Waals surface area contributed by atoms with E-state index in [2.05, 4.69) is 24.0 Å². The van der Waals surface area contributed by atoms with Crippen LogP contribution in [0.15, 0.2) is 0 Å². The standard InChI is InChI=1S/C8H15NS/c1-2-6-3-7-8(4-9-7)10-5-6/h6-9H,2-5H2,1H3. The first-order valence-corrected chi connectivity index (χ1v) is 5.30. The predicted octanol–water partition coefficient (Wildman–Crippen LogP) is 1.49. The first-order chi connectivity index (χ1) is 4.90. The zero-order valence-electron chi connectivity index (χ0n) is 6.47. The number of fused-ring (bicyclic) bond motifs is 1. The minimum Gasteiger partial charge on any atom is -0.312 e. The molecule has 2 aliphatic heterocycles. The average Bonchev–Trinajstić information content (AvgIpc) is 1.92. The second-order valence-corrected chi connectivity index (χ2v) is 4.67. The van der Waals surface area contributed by atoms with Gasteiger partial charge >= 0.3 is 0 Å². The predicted molar refractivity (Wildman–Crippen MR) is 46.4 cm³/mol. The summed E-state index contributed by atoms with van der Waals surface area (Å²) in [6.45, 7) is 3.58. The van der Waals surface area contributed by atoms with E-state index < -0.39 is 0 Å². The van der Waals surface area contributed by atoms with Gasteiger partial charge in [-0.3, -0.25) is 0 Å². The second kappa shape index (κ2) is 2.74. The van der Waals surface area contributed by atoms with Gasteiger partial charge in [-0.2, -0.15) is 11.8 Å². The fourth-order valence-electron chi connectivity index (χ4n) is 1.76. The molecule has 1 N–H and O–H groups in total. The average molecular weight is 157 g/mol. The first kappa shape index (κ1) is 6.99. The summed E-state index contributed by atoms with van der Waals surface area (Å²) in [7, 11) is 0. The lowest BCUT2D eigenvalue weighted by molar-refractivity contribution is 0.302. The first-order valence-electron chi connectivity index (χ1n) is 4.25. The van der Waals surface area contributed by atoms with Crippen molar-refractivity contribution in [2.24, 2.45) is 5.92 Å². The summed E-state index contributed by atoms with van der Waals surface area (Å²) in [6.07, 6.45) is 2.81. The van der Waals surface area contributed by atoms with E-state index in [1.807, 2.05) is 0 Å². The molecule has 0 aromatic carbocycles. The highest BCUT2D eigenvalue weighted by Gasteiger charge is 2.36. The Bertz CT molecular complexity index is 124. The lowest BCUT2D eigenvalue weighted by Gasteiger charge is -2.44. The third kappa shape index (κ3) is 1.08. The van der Waals surface area contributed by atoms with Crippen LogP contribution in [0.5, 0.6) is 0 Å². The summed E-state index contributed by atoms with van der Waals surface area (Å²) >= 11 is 2.18. The smallest absolute Gasteiger partial charge is 0.0326 e. The van der Waals surface area contributed by atoms with Crippen molar-refractivity contribution < 1.29 is 0 Å². The molecule has 2 saturated heterocycles. The quantitative estimate of drug-likeness (QED) is 0.619. The maximum absolute atomic E-state index is 3.49. The van der Waals surface area contributed by atoms with Crippen LogP contribution < -0.4 is 5.32 Å². The highest BCUT2D eigenvalue weighted by Crippen LogP contribution is 2.34. The van der Waals surface area contributed by atoms with E-state index in [-0.39, 0.29) is 0 Å². The van der Waals surface area contributed by atoms with E-state index in [4.69, 9.17) is 0 Å². The van der Waals surface area contributed by atoms with Crippen molar-refractivity contribution in [3.63, 3.8) is 0 Å². The lowest BCUT2D eigenvalue weighted by Crippen LogP contribution is -2.58. The number of nitrogens with one attached hydrogen (secondary N) is 1. The highest BCUT2D eigenvalue weighted by molar-refractivity contribution is 8.00. The maximum atomic E-state index is 3.49. The molecule has 3 unspecified atom stereocenters. The van der Waals surface area contributed by atoms with E-state index in [1.165, 1.54) is 25.1 Å². The zero-order chi connectivity index (χ0) is 6.97. The molecule has 0 bridgehead atoms. The molecule has 0 aliphatic carbocycles. The molecular formula is C8H15NS. The van der Waals surface area contributed by atoms with E-state index in [0.717, 1.165) is 17.2 Å². The minimum absolute atomic E-state index is 0.878. The van der Waals surface area contributed by atoms with Crippen molar-refractivity contribution in [3.8, 4) is 0 Å².